The Kier molecular flexibility index (Phi) is 6.71. The Morgan fingerprint density at radius 2 is 1.47 bits per heavy atom. The summed E-state index contributed by atoms with van der Waals surface area (Å²) in [5, 5.41) is 2.73. The molecule has 2 heterocycles. The first-order valence-electron chi connectivity index (χ1n) is 11.0. The minimum absolute atomic E-state index is 0.0106. The Morgan fingerprint density at radius 1 is 0.906 bits per heavy atom. The number of hydrogen-bond acceptors (Lipinski definition) is 4. The quantitative estimate of drug-likeness (QED) is 0.648. The van der Waals surface area contributed by atoms with E-state index in [2.05, 4.69) is 58.7 Å². The molecule has 0 saturated carbocycles. The van der Waals surface area contributed by atoms with Gasteiger partial charge < -0.3 is 14.6 Å². The second-order valence-electron chi connectivity index (χ2n) is 8.15. The number of carbonyl (C=O) groups is 2. The van der Waals surface area contributed by atoms with Crippen LogP contribution >= 0.6 is 0 Å². The number of amides is 2. The van der Waals surface area contributed by atoms with Crippen LogP contribution in [0, 0.1) is 13.8 Å². The van der Waals surface area contributed by atoms with Crippen LogP contribution in [-0.2, 0) is 4.79 Å². The normalized spacial score (nSPS) is 14.5. The van der Waals surface area contributed by atoms with E-state index in [0.29, 0.717) is 30.2 Å². The zero-order chi connectivity index (χ0) is 22.5. The van der Waals surface area contributed by atoms with Gasteiger partial charge in [-0.25, -0.2) is 0 Å². The summed E-state index contributed by atoms with van der Waals surface area (Å²) in [5.41, 5.74) is 2.97. The van der Waals surface area contributed by atoms with Crippen LogP contribution in [-0.4, -0.2) is 54.3 Å². The molecule has 0 radical (unpaired) electrons. The number of carbonyl (C=O) groups excluding carboxylic acids is 2. The van der Waals surface area contributed by atoms with Gasteiger partial charge in [-0.3, -0.25) is 14.5 Å². The minimum atomic E-state index is -0.278. The molecule has 2 amide bonds. The maximum absolute atomic E-state index is 12.7. The van der Waals surface area contributed by atoms with Gasteiger partial charge in [0.2, 0.25) is 5.91 Å². The predicted molar refractivity (Wildman–Crippen MR) is 123 cm³/mol. The summed E-state index contributed by atoms with van der Waals surface area (Å²) in [6.45, 7) is 6.35. The molecule has 1 saturated heterocycles. The number of aryl methyl sites for hydroxylation is 2. The Balaban J connectivity index is 1.36. The van der Waals surface area contributed by atoms with Crippen molar-refractivity contribution in [2.24, 2.45) is 0 Å². The van der Waals surface area contributed by atoms with Crippen molar-refractivity contribution in [2.45, 2.75) is 19.9 Å². The average molecular weight is 432 g/mol. The van der Waals surface area contributed by atoms with Gasteiger partial charge in [-0.15, -0.1) is 0 Å². The van der Waals surface area contributed by atoms with E-state index in [1.54, 1.807) is 19.9 Å². The van der Waals surface area contributed by atoms with Gasteiger partial charge in [0, 0.05) is 26.2 Å². The molecule has 3 aromatic rings. The van der Waals surface area contributed by atoms with Gasteiger partial charge >= 0.3 is 0 Å². The van der Waals surface area contributed by atoms with Crippen molar-refractivity contribution in [2.75, 3.05) is 32.7 Å². The average Bonchev–Trinajstić information content (AvgIpc) is 3.17. The molecule has 0 atom stereocenters. The van der Waals surface area contributed by atoms with Gasteiger partial charge in [-0.05, 0) is 31.0 Å². The third-order valence-corrected chi connectivity index (χ3v) is 5.95. The minimum Gasteiger partial charge on any atom is -0.466 e. The van der Waals surface area contributed by atoms with E-state index >= 15 is 0 Å². The molecule has 32 heavy (non-hydrogen) atoms. The molecular weight excluding hydrogens is 402 g/mol. The molecule has 1 aliphatic rings. The number of nitrogens with zero attached hydrogens (tertiary/aromatic N) is 2. The highest BCUT2D eigenvalue weighted by Gasteiger charge is 2.28. The van der Waals surface area contributed by atoms with Gasteiger partial charge in [-0.1, -0.05) is 60.7 Å². The van der Waals surface area contributed by atoms with E-state index < -0.39 is 0 Å². The molecule has 1 fully saturated rings. The van der Waals surface area contributed by atoms with E-state index in [-0.39, 0.29) is 24.4 Å². The highest BCUT2D eigenvalue weighted by Crippen LogP contribution is 2.29. The Bertz CT molecular complexity index is 1010. The molecule has 1 aliphatic heterocycles. The zero-order valence-corrected chi connectivity index (χ0v) is 18.6. The zero-order valence-electron chi connectivity index (χ0n) is 18.6. The fourth-order valence-corrected chi connectivity index (χ4v) is 4.33. The molecule has 6 nitrogen and oxygen atoms in total. The molecule has 0 aliphatic carbocycles. The highest BCUT2D eigenvalue weighted by molar-refractivity contribution is 5.97. The molecule has 2 aromatic carbocycles. The van der Waals surface area contributed by atoms with Crippen LogP contribution in [0.5, 0.6) is 0 Å². The SMILES string of the molecule is Cc1cc(C(=O)NCC(=O)N2CCN(C(c3ccccc3)c3ccccc3)CC2)c(C)o1. The summed E-state index contributed by atoms with van der Waals surface area (Å²) >= 11 is 0. The topological polar surface area (TPSA) is 65.8 Å². The van der Waals surface area contributed by atoms with E-state index in [4.69, 9.17) is 4.42 Å². The van der Waals surface area contributed by atoms with Crippen molar-refractivity contribution < 1.29 is 14.0 Å². The van der Waals surface area contributed by atoms with E-state index in [0.717, 1.165) is 13.1 Å². The number of piperazine rings is 1. The van der Waals surface area contributed by atoms with Crippen LogP contribution in [0.1, 0.15) is 39.0 Å². The molecule has 0 spiro atoms. The summed E-state index contributed by atoms with van der Waals surface area (Å²) in [4.78, 5) is 29.3. The summed E-state index contributed by atoms with van der Waals surface area (Å²) in [5.74, 6) is 0.904. The Labute approximate surface area is 188 Å². The van der Waals surface area contributed by atoms with Crippen LogP contribution < -0.4 is 5.32 Å². The van der Waals surface area contributed by atoms with E-state index in [9.17, 15) is 9.59 Å². The van der Waals surface area contributed by atoms with Crippen molar-refractivity contribution in [1.82, 2.24) is 15.1 Å². The third kappa shape index (κ3) is 4.92. The highest BCUT2D eigenvalue weighted by atomic mass is 16.3. The largest absolute Gasteiger partial charge is 0.466 e. The molecule has 166 valence electrons. The lowest BCUT2D eigenvalue weighted by Gasteiger charge is -2.39. The first-order chi connectivity index (χ1) is 15.5. The molecule has 6 heteroatoms. The lowest BCUT2D eigenvalue weighted by atomic mass is 9.96. The fourth-order valence-electron chi connectivity index (χ4n) is 4.33. The van der Waals surface area contributed by atoms with Gasteiger partial charge in [0.25, 0.3) is 5.91 Å². The standard InChI is InChI=1S/C26H29N3O3/c1-19-17-23(20(2)32-19)26(31)27-18-24(30)28-13-15-29(16-14-28)25(21-9-5-3-6-10-21)22-11-7-4-8-12-22/h3-12,17,25H,13-16,18H2,1-2H3,(H,27,31). The summed E-state index contributed by atoms with van der Waals surface area (Å²) in [6, 6.07) is 22.8. The van der Waals surface area contributed by atoms with Crippen molar-refractivity contribution in [3.8, 4) is 0 Å². The maximum atomic E-state index is 12.7. The van der Waals surface area contributed by atoms with Crippen molar-refractivity contribution in [3.63, 3.8) is 0 Å². The third-order valence-electron chi connectivity index (χ3n) is 5.95. The molecule has 1 N–H and O–H groups in total. The lowest BCUT2D eigenvalue weighted by Crippen LogP contribution is -2.52. The molecule has 1 aromatic heterocycles. The van der Waals surface area contributed by atoms with Gasteiger partial charge in [0.1, 0.15) is 11.5 Å². The van der Waals surface area contributed by atoms with Crippen LogP contribution in [0.4, 0.5) is 0 Å². The fraction of sp³-hybridized carbons (Fsp3) is 0.308. The first kappa shape index (κ1) is 21.8. The molecule has 0 bridgehead atoms. The van der Waals surface area contributed by atoms with Crippen molar-refractivity contribution >= 4 is 11.8 Å². The van der Waals surface area contributed by atoms with Crippen LogP contribution in [0.3, 0.4) is 0 Å². The number of benzene rings is 2. The summed E-state index contributed by atoms with van der Waals surface area (Å²) < 4.78 is 5.40. The monoisotopic (exact) mass is 431 g/mol. The van der Waals surface area contributed by atoms with Gasteiger partial charge in [0.05, 0.1) is 18.2 Å². The number of furan rings is 1. The summed E-state index contributed by atoms with van der Waals surface area (Å²) in [7, 11) is 0. The van der Waals surface area contributed by atoms with Crippen molar-refractivity contribution in [1.29, 1.82) is 0 Å². The molecule has 4 rings (SSSR count). The lowest BCUT2D eigenvalue weighted by molar-refractivity contribution is -0.132. The van der Waals surface area contributed by atoms with E-state index in [1.165, 1.54) is 11.1 Å². The molecular formula is C26H29N3O3. The Hall–Kier alpha value is -3.38. The smallest absolute Gasteiger partial charge is 0.255 e. The first-order valence-corrected chi connectivity index (χ1v) is 11.0. The number of nitrogens with one attached hydrogen (secondary N) is 1. The predicted octanol–water partition coefficient (Wildman–Crippen LogP) is 3.56. The number of rotatable bonds is 6. The second-order valence-corrected chi connectivity index (χ2v) is 8.15. The van der Waals surface area contributed by atoms with Crippen molar-refractivity contribution in [3.05, 3.63) is 94.9 Å². The van der Waals surface area contributed by atoms with Crippen LogP contribution in [0.15, 0.2) is 71.1 Å². The summed E-state index contributed by atoms with van der Waals surface area (Å²) in [6.07, 6.45) is 0. The second kappa shape index (κ2) is 9.83. The maximum Gasteiger partial charge on any atom is 0.255 e. The molecule has 0 unspecified atom stereocenters. The Morgan fingerprint density at radius 3 is 1.97 bits per heavy atom. The van der Waals surface area contributed by atoms with Gasteiger partial charge in [-0.2, -0.15) is 0 Å². The van der Waals surface area contributed by atoms with Crippen LogP contribution in [0.2, 0.25) is 0 Å². The van der Waals surface area contributed by atoms with Gasteiger partial charge in [0.15, 0.2) is 0 Å². The van der Waals surface area contributed by atoms with Crippen LogP contribution in [0.25, 0.3) is 0 Å². The van der Waals surface area contributed by atoms with E-state index in [1.807, 2.05) is 17.0 Å². The number of hydrogen-bond donors (Lipinski definition) is 1.